The van der Waals surface area contributed by atoms with Crippen LogP contribution in [0, 0.1) is 0 Å². The number of hydrogen-bond acceptors (Lipinski definition) is 5. The molecule has 0 heterocycles. The highest BCUT2D eigenvalue weighted by atomic mass is 16.5. The number of nitrogens with two attached hydrogens (primary N) is 2. The molecule has 0 aromatic heterocycles. The summed E-state index contributed by atoms with van der Waals surface area (Å²) in [4.78, 5) is 9.00. The Kier molecular flexibility index (Phi) is 7.79. The van der Waals surface area contributed by atoms with E-state index in [0.717, 1.165) is 0 Å². The van der Waals surface area contributed by atoms with Crippen LogP contribution in [0.15, 0.2) is 11.5 Å². The van der Waals surface area contributed by atoms with Gasteiger partial charge in [0, 0.05) is 0 Å². The van der Waals surface area contributed by atoms with Crippen LogP contribution in [-0.2, 0) is 0 Å². The molecule has 0 radical (unpaired) electrons. The second-order valence-electron chi connectivity index (χ2n) is 2.12. The fourth-order valence-corrected chi connectivity index (χ4v) is 0.321. The number of aliphatic hydroxyl groups excluding tert-OH is 3. The maximum absolute atomic E-state index is 9.00. The Hall–Kier alpha value is -1.47. The lowest BCUT2D eigenvalue weighted by atomic mass is 10.3. The third-order valence-electron chi connectivity index (χ3n) is 0.794. The molecular formula is C6H14N2O5. The standard InChI is InChI=1S/C5H10O4.CH4N2O/c1-3(6)4(7)2-5(8)9;2-1(3)4/h5-9H,2H2,1H3;(H4,2,3,4). The molecule has 0 aliphatic rings. The molecule has 2 amide bonds. The van der Waals surface area contributed by atoms with E-state index < -0.39 is 18.1 Å². The minimum atomic E-state index is -1.60. The van der Waals surface area contributed by atoms with Crippen molar-refractivity contribution in [2.24, 2.45) is 11.5 Å². The average Bonchev–Trinajstić information content (AvgIpc) is 1.83. The van der Waals surface area contributed by atoms with Gasteiger partial charge in [-0.1, -0.05) is 0 Å². The second-order valence-corrected chi connectivity index (χ2v) is 2.12. The van der Waals surface area contributed by atoms with Gasteiger partial charge < -0.3 is 31.9 Å². The van der Waals surface area contributed by atoms with E-state index in [-0.39, 0.29) is 12.2 Å². The van der Waals surface area contributed by atoms with Crippen LogP contribution in [0.1, 0.15) is 13.3 Å². The molecule has 0 saturated carbocycles. The van der Waals surface area contributed by atoms with Gasteiger partial charge in [0.05, 0.1) is 6.42 Å². The minimum absolute atomic E-state index is 0.289. The maximum atomic E-state index is 9.00. The molecule has 7 nitrogen and oxygen atoms in total. The van der Waals surface area contributed by atoms with Gasteiger partial charge in [-0.2, -0.15) is 0 Å². The third-order valence-corrected chi connectivity index (χ3v) is 0.794. The summed E-state index contributed by atoms with van der Waals surface area (Å²) in [6.45, 7) is 1.26. The molecule has 0 aliphatic carbocycles. The first-order valence-electron chi connectivity index (χ1n) is 3.26. The van der Waals surface area contributed by atoms with Crippen LogP contribution in [-0.4, -0.2) is 32.7 Å². The summed E-state index contributed by atoms with van der Waals surface area (Å²) in [5.41, 5.74) is 8.50. The number of hydrogen-bond donors (Lipinski definition) is 6. The third kappa shape index (κ3) is 18.0. The van der Waals surface area contributed by atoms with Crippen molar-refractivity contribution in [1.82, 2.24) is 0 Å². The van der Waals surface area contributed by atoms with Gasteiger partial charge in [-0.05, 0) is 6.92 Å². The molecule has 0 aliphatic heterocycles. The van der Waals surface area contributed by atoms with Gasteiger partial charge in [-0.15, -0.1) is 0 Å². The van der Waals surface area contributed by atoms with Gasteiger partial charge >= 0.3 is 6.03 Å². The fourth-order valence-electron chi connectivity index (χ4n) is 0.321. The fraction of sp³-hybridized carbons (Fsp3) is 0.500. The normalized spacial score (nSPS) is 11.4. The van der Waals surface area contributed by atoms with E-state index in [1.54, 1.807) is 0 Å². The number of urea groups is 1. The minimum Gasteiger partial charge on any atom is -0.509 e. The molecule has 7 heteroatoms. The first kappa shape index (κ1) is 14.1. The number of aliphatic hydroxyl groups is 4. The predicted octanol–water partition coefficient (Wildman–Crippen LogP) is -0.941. The van der Waals surface area contributed by atoms with Crippen LogP contribution in [0.3, 0.4) is 0 Å². The highest BCUT2D eigenvalue weighted by Gasteiger charge is 2.03. The molecule has 0 aromatic rings. The smallest absolute Gasteiger partial charge is 0.309 e. The van der Waals surface area contributed by atoms with Gasteiger partial charge in [0.2, 0.25) is 0 Å². The number of rotatable bonds is 2. The summed E-state index contributed by atoms with van der Waals surface area (Å²) in [6, 6.07) is -0.833. The first-order chi connectivity index (χ1) is 5.77. The quantitative estimate of drug-likeness (QED) is 0.247. The van der Waals surface area contributed by atoms with E-state index >= 15 is 0 Å². The Morgan fingerprint density at radius 3 is 1.69 bits per heavy atom. The summed E-state index contributed by atoms with van der Waals surface area (Å²) in [5.74, 6) is -0.687. The van der Waals surface area contributed by atoms with Crippen molar-refractivity contribution in [2.75, 3.05) is 0 Å². The van der Waals surface area contributed by atoms with Gasteiger partial charge in [0.15, 0.2) is 6.29 Å². The Bertz CT molecular complexity index is 181. The van der Waals surface area contributed by atoms with Crippen LogP contribution >= 0.6 is 0 Å². The second kappa shape index (κ2) is 7.19. The largest absolute Gasteiger partial charge is 0.509 e. The number of primary amides is 2. The summed E-state index contributed by atoms with van der Waals surface area (Å²) in [7, 11) is 0. The van der Waals surface area contributed by atoms with E-state index in [0.29, 0.717) is 0 Å². The molecule has 8 N–H and O–H groups in total. The van der Waals surface area contributed by atoms with Gasteiger partial charge in [0.25, 0.3) is 0 Å². The van der Waals surface area contributed by atoms with E-state index in [4.69, 9.17) is 25.2 Å². The molecule has 0 unspecified atom stereocenters. The zero-order valence-corrected chi connectivity index (χ0v) is 7.14. The van der Waals surface area contributed by atoms with Crippen molar-refractivity contribution >= 4 is 6.03 Å². The van der Waals surface area contributed by atoms with Crippen molar-refractivity contribution in [3.63, 3.8) is 0 Å². The van der Waals surface area contributed by atoms with Crippen LogP contribution in [0.5, 0.6) is 0 Å². The summed E-state index contributed by atoms with van der Waals surface area (Å²) < 4.78 is 0. The summed E-state index contributed by atoms with van der Waals surface area (Å²) in [6.07, 6.45) is -1.94. The van der Waals surface area contributed by atoms with E-state index in [1.807, 2.05) is 0 Å². The van der Waals surface area contributed by atoms with Crippen LogP contribution in [0.2, 0.25) is 0 Å². The van der Waals surface area contributed by atoms with Crippen molar-refractivity contribution in [3.05, 3.63) is 11.5 Å². The van der Waals surface area contributed by atoms with E-state index in [1.165, 1.54) is 6.92 Å². The molecule has 0 fully saturated rings. The lowest BCUT2D eigenvalue weighted by molar-refractivity contribution is -0.0452. The van der Waals surface area contributed by atoms with Crippen LogP contribution < -0.4 is 11.5 Å². The lowest BCUT2D eigenvalue weighted by Crippen LogP contribution is -2.18. The summed E-state index contributed by atoms with van der Waals surface area (Å²) >= 11 is 0. The zero-order chi connectivity index (χ0) is 11.0. The van der Waals surface area contributed by atoms with E-state index in [2.05, 4.69) is 11.5 Å². The highest BCUT2D eigenvalue weighted by molar-refractivity contribution is 5.69. The molecular weight excluding hydrogens is 180 g/mol. The SMILES string of the molecule is CC(O)=C(O)CC(O)O.NC(N)=O. The molecule has 0 aromatic carbocycles. The number of carbonyl (C=O) groups is 1. The Morgan fingerprint density at radius 1 is 1.31 bits per heavy atom. The molecule has 78 valence electrons. The monoisotopic (exact) mass is 194 g/mol. The molecule has 0 atom stereocenters. The zero-order valence-electron chi connectivity index (χ0n) is 7.14. The molecule has 0 saturated heterocycles. The summed E-state index contributed by atoms with van der Waals surface area (Å²) in [5, 5.41) is 33.5. The average molecular weight is 194 g/mol. The number of carbonyl (C=O) groups excluding carboxylic acids is 1. The Balaban J connectivity index is 0. The molecule has 0 spiro atoms. The van der Waals surface area contributed by atoms with Crippen LogP contribution in [0.4, 0.5) is 4.79 Å². The molecule has 0 rings (SSSR count). The van der Waals surface area contributed by atoms with Gasteiger partial charge in [-0.25, -0.2) is 4.79 Å². The topological polar surface area (TPSA) is 150 Å². The number of amides is 2. The van der Waals surface area contributed by atoms with Gasteiger partial charge in [0.1, 0.15) is 11.5 Å². The molecule has 0 bridgehead atoms. The molecule has 13 heavy (non-hydrogen) atoms. The van der Waals surface area contributed by atoms with Crippen molar-refractivity contribution in [3.8, 4) is 0 Å². The van der Waals surface area contributed by atoms with Crippen LogP contribution in [0.25, 0.3) is 0 Å². The predicted molar refractivity (Wildman–Crippen MR) is 44.6 cm³/mol. The number of allylic oxidation sites excluding steroid dienone is 1. The maximum Gasteiger partial charge on any atom is 0.309 e. The van der Waals surface area contributed by atoms with Crippen molar-refractivity contribution < 1.29 is 25.2 Å². The Morgan fingerprint density at radius 2 is 1.62 bits per heavy atom. The first-order valence-corrected chi connectivity index (χ1v) is 3.26. The van der Waals surface area contributed by atoms with Crippen molar-refractivity contribution in [1.29, 1.82) is 0 Å². The van der Waals surface area contributed by atoms with Crippen molar-refractivity contribution in [2.45, 2.75) is 19.6 Å². The Labute approximate surface area is 74.9 Å². The van der Waals surface area contributed by atoms with Gasteiger partial charge in [-0.3, -0.25) is 0 Å². The lowest BCUT2D eigenvalue weighted by Gasteiger charge is -2.01. The van der Waals surface area contributed by atoms with E-state index in [9.17, 15) is 0 Å². The highest BCUT2D eigenvalue weighted by Crippen LogP contribution is 2.02.